The van der Waals surface area contributed by atoms with Crippen molar-refractivity contribution in [3.63, 3.8) is 0 Å². The van der Waals surface area contributed by atoms with E-state index in [1.807, 2.05) is 0 Å². The fraction of sp³-hybridized carbons (Fsp3) is 0.548. The van der Waals surface area contributed by atoms with Crippen LogP contribution in [-0.4, -0.2) is 127 Å². The van der Waals surface area contributed by atoms with Crippen LogP contribution in [0.15, 0.2) is 47.7 Å². The summed E-state index contributed by atoms with van der Waals surface area (Å²) < 4.78 is 98.3. The Morgan fingerprint density at radius 1 is 1.03 bits per heavy atom. The number of hydrogen-bond acceptors (Lipinski definition) is 11. The number of anilines is 3. The van der Waals surface area contributed by atoms with Crippen molar-refractivity contribution >= 4 is 51.6 Å². The average molecular weight is 915 g/mol. The zero-order valence-corrected chi connectivity index (χ0v) is 35.6. The summed E-state index contributed by atoms with van der Waals surface area (Å²) in [5.41, 5.74) is 0.0788. The van der Waals surface area contributed by atoms with Crippen LogP contribution in [0.3, 0.4) is 0 Å². The summed E-state index contributed by atoms with van der Waals surface area (Å²) in [6, 6.07) is 4.35. The maximum absolute atomic E-state index is 16.2. The van der Waals surface area contributed by atoms with Gasteiger partial charge in [-0.05, 0) is 69.7 Å². The van der Waals surface area contributed by atoms with Gasteiger partial charge >= 0.3 is 5.69 Å². The highest BCUT2D eigenvalue weighted by Gasteiger charge is 2.47. The minimum absolute atomic E-state index is 0.0228. The summed E-state index contributed by atoms with van der Waals surface area (Å²) >= 11 is 0. The molecule has 3 atom stereocenters. The molecular formula is C42H48F6N12O5. The largest absolute Gasteiger partial charge is 0.369 e. The molecule has 2 N–H and O–H groups in total. The molecule has 348 valence electrons. The normalized spacial score (nSPS) is 24.2. The number of imide groups is 1. The first kappa shape index (κ1) is 44.2. The number of nitrogens with one attached hydrogen (secondary N) is 2. The number of carbonyl (C=O) groups is 3. The van der Waals surface area contributed by atoms with Gasteiger partial charge in [0.15, 0.2) is 11.3 Å². The number of morpholine rings is 1. The zero-order valence-electron chi connectivity index (χ0n) is 35.6. The number of para-hydroxylation sites is 1. The molecule has 17 nitrogen and oxygen atoms in total. The second-order valence-corrected chi connectivity index (χ2v) is 17.4. The molecule has 1 aliphatic carbocycles. The summed E-state index contributed by atoms with van der Waals surface area (Å²) in [7, 11) is 3.22. The molecule has 3 saturated heterocycles. The third kappa shape index (κ3) is 8.43. The number of amides is 3. The van der Waals surface area contributed by atoms with Crippen LogP contribution >= 0.6 is 0 Å². The van der Waals surface area contributed by atoms with Gasteiger partial charge in [-0.25, -0.2) is 40.6 Å². The van der Waals surface area contributed by atoms with Crippen molar-refractivity contribution in [2.24, 2.45) is 13.0 Å². The van der Waals surface area contributed by atoms with Crippen LogP contribution in [-0.2, 0) is 21.4 Å². The molecule has 1 saturated carbocycles. The van der Waals surface area contributed by atoms with Crippen LogP contribution in [0, 0.1) is 5.92 Å². The van der Waals surface area contributed by atoms with Gasteiger partial charge in [-0.3, -0.25) is 38.4 Å². The van der Waals surface area contributed by atoms with E-state index in [9.17, 15) is 36.7 Å². The lowest BCUT2D eigenvalue weighted by molar-refractivity contribution is -0.135. The number of aromatic nitrogens is 7. The molecule has 0 bridgehead atoms. The van der Waals surface area contributed by atoms with Gasteiger partial charge in [0.1, 0.15) is 23.5 Å². The number of alkyl halides is 6. The smallest absolute Gasteiger partial charge is 0.329 e. The molecule has 3 aliphatic heterocycles. The van der Waals surface area contributed by atoms with Crippen molar-refractivity contribution in [2.75, 3.05) is 61.5 Å². The van der Waals surface area contributed by atoms with Gasteiger partial charge in [-0.1, -0.05) is 6.07 Å². The number of aryl methyl sites for hydroxylation is 1. The summed E-state index contributed by atoms with van der Waals surface area (Å²) in [6.45, 7) is 0.330. The number of fused-ring (bicyclic) bond motifs is 2. The molecule has 4 aliphatic rings. The van der Waals surface area contributed by atoms with Crippen LogP contribution in [0.4, 0.5) is 43.5 Å². The van der Waals surface area contributed by atoms with Crippen molar-refractivity contribution < 1.29 is 45.5 Å². The highest BCUT2D eigenvalue weighted by molar-refractivity contribution is 6.08. The van der Waals surface area contributed by atoms with Crippen molar-refractivity contribution in [2.45, 2.75) is 87.9 Å². The molecule has 3 amide bonds. The van der Waals surface area contributed by atoms with Crippen molar-refractivity contribution in [3.8, 4) is 0 Å². The van der Waals surface area contributed by atoms with Crippen molar-refractivity contribution in [3.05, 3.63) is 64.6 Å². The predicted molar refractivity (Wildman–Crippen MR) is 224 cm³/mol. The topological polar surface area (TPSA) is 169 Å². The lowest BCUT2D eigenvalue weighted by atomic mass is 9.85. The van der Waals surface area contributed by atoms with Crippen LogP contribution in [0.5, 0.6) is 0 Å². The number of ether oxygens (including phenoxy) is 1. The first-order chi connectivity index (χ1) is 31.1. The molecule has 2 unspecified atom stereocenters. The Labute approximate surface area is 367 Å². The Morgan fingerprint density at radius 3 is 2.54 bits per heavy atom. The second kappa shape index (κ2) is 17.4. The maximum Gasteiger partial charge on any atom is 0.329 e. The Morgan fingerprint density at radius 2 is 1.82 bits per heavy atom. The molecule has 1 aromatic carbocycles. The van der Waals surface area contributed by atoms with Crippen molar-refractivity contribution in [1.82, 2.24) is 43.7 Å². The second-order valence-electron chi connectivity index (χ2n) is 17.4. The number of rotatable bonds is 11. The Bertz CT molecular complexity index is 2670. The highest BCUT2D eigenvalue weighted by Crippen LogP contribution is 2.39. The Kier molecular flexibility index (Phi) is 11.9. The van der Waals surface area contributed by atoms with E-state index >= 15 is 8.78 Å². The number of imidazole rings is 1. The minimum Gasteiger partial charge on any atom is -0.369 e. The van der Waals surface area contributed by atoms with E-state index in [4.69, 9.17) is 4.74 Å². The first-order valence-corrected chi connectivity index (χ1v) is 21.6. The third-order valence-corrected chi connectivity index (χ3v) is 13.3. The van der Waals surface area contributed by atoms with Gasteiger partial charge in [0.2, 0.25) is 11.8 Å². The van der Waals surface area contributed by atoms with E-state index in [-0.39, 0.29) is 67.8 Å². The lowest BCUT2D eigenvalue weighted by Crippen LogP contribution is -2.58. The maximum atomic E-state index is 16.2. The Balaban J connectivity index is 0.824. The van der Waals surface area contributed by atoms with E-state index < -0.39 is 72.6 Å². The van der Waals surface area contributed by atoms with Crippen LogP contribution in [0.25, 0.3) is 16.7 Å². The number of halogens is 6. The number of benzene rings is 1. The number of piperidine rings is 2. The SMILES string of the molecule is CN(C[C@H]1CC[C@H](n2cc(NC(=O)c3cnn4ccc(N5CCO[C@H](C(F)F)C5)nc34)c(C(F)F)n2)CC1)C1CCN(c2cccc3c2n(C)c(=O)n3C2CCC(=O)NC2=O)CC1(F)F. The summed E-state index contributed by atoms with van der Waals surface area (Å²) in [4.78, 5) is 60.9. The van der Waals surface area contributed by atoms with E-state index in [1.165, 1.54) is 44.0 Å². The molecule has 23 heteroatoms. The van der Waals surface area contributed by atoms with Gasteiger partial charge in [0, 0.05) is 45.5 Å². The molecule has 0 radical (unpaired) electrons. The fourth-order valence-corrected chi connectivity index (χ4v) is 9.98. The van der Waals surface area contributed by atoms with Crippen LogP contribution < -0.4 is 26.1 Å². The van der Waals surface area contributed by atoms with Gasteiger partial charge in [-0.2, -0.15) is 10.2 Å². The van der Waals surface area contributed by atoms with Gasteiger partial charge < -0.3 is 19.9 Å². The van der Waals surface area contributed by atoms with E-state index in [0.717, 1.165) is 0 Å². The van der Waals surface area contributed by atoms with Gasteiger partial charge in [0.05, 0.1) is 60.4 Å². The Hall–Kier alpha value is -5.97. The molecule has 4 aromatic heterocycles. The molecule has 5 aromatic rings. The summed E-state index contributed by atoms with van der Waals surface area (Å²) in [5.74, 6) is -4.52. The molecule has 0 spiro atoms. The fourth-order valence-electron chi connectivity index (χ4n) is 9.98. The minimum atomic E-state index is -3.14. The summed E-state index contributed by atoms with van der Waals surface area (Å²) in [6.07, 6.45) is -0.172. The van der Waals surface area contributed by atoms with E-state index in [2.05, 4.69) is 25.8 Å². The van der Waals surface area contributed by atoms with Crippen LogP contribution in [0.1, 0.15) is 79.5 Å². The van der Waals surface area contributed by atoms with Crippen molar-refractivity contribution in [1.29, 1.82) is 0 Å². The highest BCUT2D eigenvalue weighted by atomic mass is 19.3. The molecule has 7 heterocycles. The predicted octanol–water partition coefficient (Wildman–Crippen LogP) is 4.79. The molecule has 4 fully saturated rings. The lowest BCUT2D eigenvalue weighted by Gasteiger charge is -2.44. The standard InChI is InChI=1S/C42H48F6N12O5/c1-54(31-12-14-57(22-42(31,47)48)27-4-3-5-28-35(27)55(2)41(64)60(28)29-10-11-33(61)52-40(29)63)19-23-6-8-24(9-7-23)59-20-26(34(53-59)37(45)46)50-39(62)25-18-49-58-15-13-32(51-38(25)58)56-16-17-65-30(21-56)36(43)44/h3-5,13,15,18,20,23-24,29-31,36-37H,6-12,14,16-17,19,21-22H2,1-2H3,(H,50,62)(H,52,61,63)/t23-,24-,29?,30-,31?/m0/s1. The molecule has 9 rings (SSSR count). The number of nitrogens with zero attached hydrogens (tertiary/aromatic N) is 10. The molecule has 65 heavy (non-hydrogen) atoms. The quantitative estimate of drug-likeness (QED) is 0.138. The summed E-state index contributed by atoms with van der Waals surface area (Å²) in [5, 5.41) is 13.1. The van der Waals surface area contributed by atoms with E-state index in [0.29, 0.717) is 61.3 Å². The number of hydrogen-bond donors (Lipinski definition) is 2. The third-order valence-electron chi connectivity index (χ3n) is 13.3. The van der Waals surface area contributed by atoms with Crippen LogP contribution in [0.2, 0.25) is 0 Å². The average Bonchev–Trinajstić information content (AvgIpc) is 3.97. The van der Waals surface area contributed by atoms with Gasteiger partial charge in [-0.15, -0.1) is 0 Å². The zero-order chi connectivity index (χ0) is 45.9. The first-order valence-electron chi connectivity index (χ1n) is 21.6. The monoisotopic (exact) mass is 914 g/mol. The number of carbonyl (C=O) groups excluding carboxylic acids is 3. The van der Waals surface area contributed by atoms with E-state index in [1.54, 1.807) is 46.0 Å². The molecular weight excluding hydrogens is 867 g/mol. The van der Waals surface area contributed by atoms with Gasteiger partial charge in [0.25, 0.3) is 24.7 Å².